The van der Waals surface area contributed by atoms with Gasteiger partial charge in [-0.2, -0.15) is 13.2 Å². The molecule has 178 valence electrons. The molecule has 0 bridgehead atoms. The summed E-state index contributed by atoms with van der Waals surface area (Å²) in [5.41, 5.74) is 0. The van der Waals surface area contributed by atoms with Crippen LogP contribution in [0.5, 0.6) is 0 Å². The van der Waals surface area contributed by atoms with Crippen LogP contribution < -0.4 is 11.7 Å². The Kier molecular flexibility index (Phi) is 25.6. The third kappa shape index (κ3) is 23.9. The van der Waals surface area contributed by atoms with E-state index in [1.54, 1.807) is 0 Å². The highest BCUT2D eigenvalue weighted by molar-refractivity contribution is 4.68. The fourth-order valence-electron chi connectivity index (χ4n) is 3.87. The van der Waals surface area contributed by atoms with E-state index < -0.39 is 12.1 Å². The van der Waals surface area contributed by atoms with Crippen LogP contribution in [0.1, 0.15) is 142 Å². The van der Waals surface area contributed by atoms with Crippen molar-refractivity contribution in [3.8, 4) is 0 Å². The van der Waals surface area contributed by atoms with Gasteiger partial charge in [0, 0.05) is 0 Å². The molecule has 0 aromatic rings. The molecular formula is C24H51F3N2. The first kappa shape index (κ1) is 30.9. The normalized spacial score (nSPS) is 12.5. The summed E-state index contributed by atoms with van der Waals surface area (Å²) < 4.78 is 39.6. The summed E-state index contributed by atoms with van der Waals surface area (Å²) in [6.07, 6.45) is 17.6. The van der Waals surface area contributed by atoms with Gasteiger partial charge in [-0.25, -0.2) is 0 Å². The Hall–Kier alpha value is -0.290. The summed E-state index contributed by atoms with van der Waals surface area (Å²) in [6, 6.07) is 0. The second-order valence-electron chi connectivity index (χ2n) is 8.47. The number of hydrogen-bond acceptors (Lipinski definition) is 2. The third-order valence-corrected chi connectivity index (χ3v) is 5.78. The van der Waals surface area contributed by atoms with Crippen LogP contribution in [-0.4, -0.2) is 6.18 Å². The molecule has 5 heteroatoms. The van der Waals surface area contributed by atoms with Gasteiger partial charge in [-0.05, 0) is 12.8 Å². The Morgan fingerprint density at radius 3 is 0.966 bits per heavy atom. The van der Waals surface area contributed by atoms with Crippen LogP contribution in [0.2, 0.25) is 0 Å². The number of hydrazine groups is 1. The van der Waals surface area contributed by atoms with Crippen molar-refractivity contribution in [2.75, 3.05) is 0 Å². The number of hydrogen-bond donors (Lipinski definition) is 2. The molecule has 0 amide bonds. The highest BCUT2D eigenvalue weighted by atomic mass is 19.4. The van der Waals surface area contributed by atoms with Gasteiger partial charge in [-0.1, -0.05) is 129 Å². The topological polar surface area (TPSA) is 52.0 Å². The summed E-state index contributed by atoms with van der Waals surface area (Å²) in [4.78, 5) is 0. The lowest BCUT2D eigenvalue weighted by molar-refractivity contribution is -0.178. The van der Waals surface area contributed by atoms with E-state index in [0.717, 1.165) is 38.5 Å². The molecule has 0 aliphatic carbocycles. The van der Waals surface area contributed by atoms with E-state index in [9.17, 15) is 13.2 Å². The average molecular weight is 425 g/mol. The zero-order chi connectivity index (χ0) is 22.2. The first-order valence-corrected chi connectivity index (χ1v) is 12.4. The fraction of sp³-hybridized carbons (Fsp3) is 1.00. The van der Waals surface area contributed by atoms with E-state index in [2.05, 4.69) is 25.5 Å². The van der Waals surface area contributed by atoms with Gasteiger partial charge in [-0.3, -0.25) is 11.7 Å². The number of unbranched alkanes of at least 4 members (excludes halogenated alkanes) is 16. The summed E-state index contributed by atoms with van der Waals surface area (Å²) >= 11 is 0. The SMILES string of the molecule is CCCCCCCCCCCCCC(CCCCCCCCC)C(F)(F)F.NN. The maximum Gasteiger partial charge on any atom is 0.391 e. The van der Waals surface area contributed by atoms with Gasteiger partial charge in [0.05, 0.1) is 5.92 Å². The van der Waals surface area contributed by atoms with Gasteiger partial charge in [-0.15, -0.1) is 0 Å². The fourth-order valence-corrected chi connectivity index (χ4v) is 3.87. The second kappa shape index (κ2) is 24.0. The predicted molar refractivity (Wildman–Crippen MR) is 122 cm³/mol. The van der Waals surface area contributed by atoms with Crippen molar-refractivity contribution in [3.63, 3.8) is 0 Å². The summed E-state index contributed by atoms with van der Waals surface area (Å²) in [5, 5.41) is 0. The number of nitrogens with two attached hydrogens (primary N) is 2. The third-order valence-electron chi connectivity index (χ3n) is 5.78. The molecule has 0 saturated carbocycles. The van der Waals surface area contributed by atoms with Gasteiger partial charge in [0.2, 0.25) is 0 Å². The largest absolute Gasteiger partial charge is 0.391 e. The molecule has 0 aliphatic heterocycles. The van der Waals surface area contributed by atoms with Crippen molar-refractivity contribution < 1.29 is 13.2 Å². The molecule has 1 unspecified atom stereocenters. The van der Waals surface area contributed by atoms with Gasteiger partial charge in [0.15, 0.2) is 0 Å². The Labute approximate surface area is 179 Å². The molecule has 0 aliphatic rings. The summed E-state index contributed by atoms with van der Waals surface area (Å²) in [5.74, 6) is 6.94. The van der Waals surface area contributed by atoms with Crippen LogP contribution in [0, 0.1) is 5.92 Å². The van der Waals surface area contributed by atoms with E-state index in [4.69, 9.17) is 0 Å². The van der Waals surface area contributed by atoms with E-state index in [0.29, 0.717) is 12.8 Å². The van der Waals surface area contributed by atoms with Gasteiger partial charge in [0.25, 0.3) is 0 Å². The quantitative estimate of drug-likeness (QED) is 0.116. The van der Waals surface area contributed by atoms with Crippen molar-refractivity contribution >= 4 is 0 Å². The molecule has 29 heavy (non-hydrogen) atoms. The Bertz CT molecular complexity index is 296. The van der Waals surface area contributed by atoms with Crippen LogP contribution in [0.15, 0.2) is 0 Å². The van der Waals surface area contributed by atoms with Crippen molar-refractivity contribution in [3.05, 3.63) is 0 Å². The molecule has 0 heterocycles. The van der Waals surface area contributed by atoms with Crippen molar-refractivity contribution in [2.45, 2.75) is 148 Å². The number of alkyl halides is 3. The molecule has 0 aromatic heterocycles. The molecule has 1 atom stereocenters. The highest BCUT2D eigenvalue weighted by Crippen LogP contribution is 2.34. The molecule has 0 radical (unpaired) electrons. The first-order valence-electron chi connectivity index (χ1n) is 12.4. The lowest BCUT2D eigenvalue weighted by Crippen LogP contribution is -2.22. The number of rotatable bonds is 20. The van der Waals surface area contributed by atoms with Gasteiger partial charge < -0.3 is 0 Å². The molecule has 4 N–H and O–H groups in total. The van der Waals surface area contributed by atoms with Crippen molar-refractivity contribution in [1.29, 1.82) is 0 Å². The molecular weight excluding hydrogens is 373 g/mol. The number of halogens is 3. The Morgan fingerprint density at radius 1 is 0.483 bits per heavy atom. The highest BCUT2D eigenvalue weighted by Gasteiger charge is 2.38. The molecule has 2 nitrogen and oxygen atoms in total. The summed E-state index contributed by atoms with van der Waals surface area (Å²) in [7, 11) is 0. The first-order chi connectivity index (χ1) is 14.0. The van der Waals surface area contributed by atoms with Crippen molar-refractivity contribution in [2.24, 2.45) is 17.6 Å². The monoisotopic (exact) mass is 424 g/mol. The zero-order valence-electron chi connectivity index (χ0n) is 19.5. The van der Waals surface area contributed by atoms with Crippen LogP contribution in [0.3, 0.4) is 0 Å². The van der Waals surface area contributed by atoms with E-state index in [1.165, 1.54) is 77.0 Å². The Balaban J connectivity index is 0. The maximum absolute atomic E-state index is 13.2. The summed E-state index contributed by atoms with van der Waals surface area (Å²) in [6.45, 7) is 4.42. The smallest absolute Gasteiger partial charge is 0.274 e. The molecule has 0 saturated heterocycles. The Morgan fingerprint density at radius 2 is 0.724 bits per heavy atom. The van der Waals surface area contributed by atoms with Crippen LogP contribution in [0.4, 0.5) is 13.2 Å². The van der Waals surface area contributed by atoms with E-state index in [-0.39, 0.29) is 0 Å². The molecule has 0 spiro atoms. The van der Waals surface area contributed by atoms with E-state index in [1.807, 2.05) is 0 Å². The standard InChI is InChI=1S/C24H47F3.H4N2/c1-3-5-7-9-11-12-13-14-16-18-20-22-23(24(25,26)27)21-19-17-15-10-8-6-4-2;1-2/h23H,3-22H2,1-2H3;1-2H2. The van der Waals surface area contributed by atoms with Crippen LogP contribution in [-0.2, 0) is 0 Å². The maximum atomic E-state index is 13.2. The lowest BCUT2D eigenvalue weighted by atomic mass is 9.93. The lowest BCUT2D eigenvalue weighted by Gasteiger charge is -2.20. The minimum atomic E-state index is -4.00. The molecule has 0 fully saturated rings. The minimum Gasteiger partial charge on any atom is -0.274 e. The van der Waals surface area contributed by atoms with Crippen molar-refractivity contribution in [1.82, 2.24) is 0 Å². The zero-order valence-corrected chi connectivity index (χ0v) is 19.5. The van der Waals surface area contributed by atoms with E-state index >= 15 is 0 Å². The minimum absolute atomic E-state index is 0.342. The average Bonchev–Trinajstić information content (AvgIpc) is 2.70. The van der Waals surface area contributed by atoms with Gasteiger partial charge >= 0.3 is 6.18 Å². The molecule has 0 rings (SSSR count). The molecule has 0 aromatic carbocycles. The van der Waals surface area contributed by atoms with Crippen LogP contribution >= 0.6 is 0 Å². The van der Waals surface area contributed by atoms with Crippen LogP contribution in [0.25, 0.3) is 0 Å². The second-order valence-corrected chi connectivity index (χ2v) is 8.47. The van der Waals surface area contributed by atoms with Gasteiger partial charge in [0.1, 0.15) is 0 Å². The predicted octanol–water partition coefficient (Wildman–Crippen LogP) is 8.83.